The Kier molecular flexibility index (Phi) is 54.8. The molecule has 0 heterocycles. The van der Waals surface area contributed by atoms with Gasteiger partial charge in [0, 0.05) is 25.7 Å². The van der Waals surface area contributed by atoms with E-state index < -0.39 is 97.5 Å². The zero-order valence-electron chi connectivity index (χ0n) is 55.2. The van der Waals surface area contributed by atoms with E-state index in [-0.39, 0.29) is 25.7 Å². The molecule has 0 aromatic carbocycles. The summed E-state index contributed by atoms with van der Waals surface area (Å²) in [7, 11) is -9.90. The van der Waals surface area contributed by atoms with Gasteiger partial charge in [-0.2, -0.15) is 0 Å². The van der Waals surface area contributed by atoms with Crippen LogP contribution in [-0.2, 0) is 65.4 Å². The van der Waals surface area contributed by atoms with Gasteiger partial charge < -0.3 is 33.8 Å². The van der Waals surface area contributed by atoms with Gasteiger partial charge >= 0.3 is 39.5 Å². The first-order chi connectivity index (χ1) is 40.7. The first-order valence-electron chi connectivity index (χ1n) is 34.3. The van der Waals surface area contributed by atoms with Crippen LogP contribution in [-0.4, -0.2) is 96.7 Å². The molecule has 0 aromatic rings. The van der Waals surface area contributed by atoms with Crippen LogP contribution >= 0.6 is 15.6 Å². The van der Waals surface area contributed by atoms with E-state index in [1.807, 2.05) is 0 Å². The Labute approximate surface area is 517 Å². The van der Waals surface area contributed by atoms with E-state index in [1.54, 1.807) is 0 Å². The Morgan fingerprint density at radius 2 is 0.565 bits per heavy atom. The lowest BCUT2D eigenvalue weighted by Crippen LogP contribution is -2.30. The van der Waals surface area contributed by atoms with Crippen molar-refractivity contribution < 1.29 is 80.2 Å². The number of phosphoric ester groups is 2. The van der Waals surface area contributed by atoms with E-state index in [0.717, 1.165) is 120 Å². The summed E-state index contributed by atoms with van der Waals surface area (Å²) < 4.78 is 68.1. The Morgan fingerprint density at radius 3 is 0.835 bits per heavy atom. The van der Waals surface area contributed by atoms with E-state index in [0.29, 0.717) is 25.7 Å². The molecule has 0 aliphatic carbocycles. The molecule has 85 heavy (non-hydrogen) atoms. The lowest BCUT2D eigenvalue weighted by atomic mass is 9.99. The minimum atomic E-state index is -4.95. The fourth-order valence-electron chi connectivity index (χ4n) is 9.69. The average molecular weight is 1260 g/mol. The number of hydrogen-bond acceptors (Lipinski definition) is 15. The van der Waals surface area contributed by atoms with Crippen LogP contribution in [0.2, 0.25) is 0 Å². The van der Waals surface area contributed by atoms with Crippen molar-refractivity contribution >= 4 is 39.5 Å². The van der Waals surface area contributed by atoms with Crippen molar-refractivity contribution in [2.24, 2.45) is 23.7 Å². The number of carbonyl (C=O) groups is 4. The van der Waals surface area contributed by atoms with Crippen molar-refractivity contribution in [3.05, 3.63) is 0 Å². The SMILES string of the molecule is CCC(C)CCCCCCCCCCC(=O)OC[C@H](COP(=O)(O)OC[C@@H](O)COP(=O)(O)OC[C@@H](COC(=O)CCCCCCCCC(C)CC)OC(=O)CCCCCCCCCCC(C)C)OC(=O)CCCCCCCCCCC(C)CC. The molecule has 19 heteroatoms. The van der Waals surface area contributed by atoms with E-state index in [9.17, 15) is 43.2 Å². The Hall–Kier alpha value is -1.94. The number of unbranched alkanes of at least 4 members (excludes halogenated alkanes) is 26. The zero-order chi connectivity index (χ0) is 63.2. The maximum Gasteiger partial charge on any atom is 0.472 e. The van der Waals surface area contributed by atoms with Gasteiger partial charge in [0.05, 0.1) is 26.4 Å². The van der Waals surface area contributed by atoms with E-state index in [2.05, 4.69) is 55.4 Å². The third-order valence-electron chi connectivity index (χ3n) is 16.2. The van der Waals surface area contributed by atoms with Crippen molar-refractivity contribution in [2.45, 2.75) is 337 Å². The van der Waals surface area contributed by atoms with Crippen molar-refractivity contribution in [3.63, 3.8) is 0 Å². The molecule has 0 rings (SSSR count). The molecule has 0 spiro atoms. The number of hydrogen-bond donors (Lipinski definition) is 3. The molecule has 0 aliphatic rings. The van der Waals surface area contributed by atoms with E-state index in [1.165, 1.54) is 116 Å². The van der Waals surface area contributed by atoms with Crippen molar-refractivity contribution in [1.82, 2.24) is 0 Å². The number of carbonyl (C=O) groups excluding carboxylic acids is 4. The van der Waals surface area contributed by atoms with Crippen molar-refractivity contribution in [1.29, 1.82) is 0 Å². The average Bonchev–Trinajstić information content (AvgIpc) is 3.47. The zero-order valence-corrected chi connectivity index (χ0v) is 57.0. The van der Waals surface area contributed by atoms with Crippen LogP contribution in [0.1, 0.15) is 319 Å². The van der Waals surface area contributed by atoms with Gasteiger partial charge in [0.15, 0.2) is 12.2 Å². The molecule has 0 aromatic heterocycles. The molecule has 0 radical (unpaired) electrons. The van der Waals surface area contributed by atoms with Crippen LogP contribution in [0.25, 0.3) is 0 Å². The monoisotopic (exact) mass is 1250 g/mol. The molecule has 0 aliphatic heterocycles. The predicted octanol–water partition coefficient (Wildman–Crippen LogP) is 18.1. The summed E-state index contributed by atoms with van der Waals surface area (Å²) in [5, 5.41) is 10.6. The maximum absolute atomic E-state index is 13.0. The predicted molar refractivity (Wildman–Crippen MR) is 340 cm³/mol. The van der Waals surface area contributed by atoms with Gasteiger partial charge in [-0.15, -0.1) is 0 Å². The molecule has 0 amide bonds. The molecule has 3 N–H and O–H groups in total. The van der Waals surface area contributed by atoms with Crippen LogP contribution < -0.4 is 0 Å². The molecular formula is C66H128O17P2. The van der Waals surface area contributed by atoms with Crippen LogP contribution in [0.5, 0.6) is 0 Å². The number of aliphatic hydroxyl groups excluding tert-OH is 1. The highest BCUT2D eigenvalue weighted by Gasteiger charge is 2.30. The summed E-state index contributed by atoms with van der Waals surface area (Å²) in [4.78, 5) is 72.3. The fourth-order valence-corrected chi connectivity index (χ4v) is 11.3. The second-order valence-electron chi connectivity index (χ2n) is 25.1. The van der Waals surface area contributed by atoms with Gasteiger partial charge in [-0.3, -0.25) is 37.3 Å². The third kappa shape index (κ3) is 57.0. The van der Waals surface area contributed by atoms with E-state index >= 15 is 0 Å². The minimum Gasteiger partial charge on any atom is -0.462 e. The summed E-state index contributed by atoms with van der Waals surface area (Å²) >= 11 is 0. The number of rotatable bonds is 63. The lowest BCUT2D eigenvalue weighted by molar-refractivity contribution is -0.161. The van der Waals surface area contributed by atoms with Gasteiger partial charge in [0.2, 0.25) is 0 Å². The third-order valence-corrected chi connectivity index (χ3v) is 18.1. The Bertz CT molecular complexity index is 1700. The Balaban J connectivity index is 5.28. The number of aliphatic hydroxyl groups is 1. The molecule has 17 nitrogen and oxygen atoms in total. The topological polar surface area (TPSA) is 237 Å². The number of ether oxygens (including phenoxy) is 4. The minimum absolute atomic E-state index is 0.103. The van der Waals surface area contributed by atoms with Gasteiger partial charge in [0.25, 0.3) is 0 Å². The summed E-state index contributed by atoms with van der Waals surface area (Å²) in [6, 6.07) is 0. The van der Waals surface area contributed by atoms with Crippen LogP contribution in [0.4, 0.5) is 0 Å². The maximum atomic E-state index is 13.0. The first kappa shape index (κ1) is 83.1. The number of esters is 4. The second-order valence-corrected chi connectivity index (χ2v) is 28.0. The lowest BCUT2D eigenvalue weighted by Gasteiger charge is -2.21. The highest BCUT2D eigenvalue weighted by Crippen LogP contribution is 2.45. The largest absolute Gasteiger partial charge is 0.472 e. The van der Waals surface area contributed by atoms with E-state index in [4.69, 9.17) is 37.0 Å². The second kappa shape index (κ2) is 56.1. The first-order valence-corrected chi connectivity index (χ1v) is 37.3. The normalized spacial score (nSPS) is 15.3. The van der Waals surface area contributed by atoms with Crippen LogP contribution in [0.3, 0.4) is 0 Å². The highest BCUT2D eigenvalue weighted by atomic mass is 31.2. The number of phosphoric acid groups is 2. The molecule has 0 saturated carbocycles. The van der Waals surface area contributed by atoms with Gasteiger partial charge in [-0.1, -0.05) is 267 Å². The van der Waals surface area contributed by atoms with Gasteiger partial charge in [-0.05, 0) is 49.4 Å². The molecule has 0 saturated heterocycles. The van der Waals surface area contributed by atoms with Gasteiger partial charge in [0.1, 0.15) is 19.3 Å². The molecule has 0 fully saturated rings. The van der Waals surface area contributed by atoms with Crippen LogP contribution in [0, 0.1) is 23.7 Å². The summed E-state index contributed by atoms with van der Waals surface area (Å²) in [5.74, 6) is 0.857. The quantitative estimate of drug-likeness (QED) is 0.0222. The van der Waals surface area contributed by atoms with Crippen molar-refractivity contribution in [3.8, 4) is 0 Å². The highest BCUT2D eigenvalue weighted by molar-refractivity contribution is 7.47. The molecule has 0 bridgehead atoms. The van der Waals surface area contributed by atoms with Crippen molar-refractivity contribution in [2.75, 3.05) is 39.6 Å². The summed E-state index contributed by atoms with van der Waals surface area (Å²) in [6.45, 7) is 14.0. The fraction of sp³-hybridized carbons (Fsp3) is 0.939. The standard InChI is InChI=1S/C66H128O17P2/c1-9-57(6)43-35-27-19-13-16-21-30-38-46-63(68)76-52-61(82-66(71)49-41-33-23-17-14-20-28-36-44-58(7)10-2)54-80-84(72,73)78-50-60(67)51-79-85(74,75)81-55-62(53-77-64(69)47-39-31-25-24-29-37-45-59(8)11-3)83-65(70)48-40-32-22-15-12-18-26-34-42-56(4)5/h56-62,67H,9-55H2,1-8H3,(H,72,73)(H,74,75)/t57?,58?,59?,60-,61-,62-/m1/s1. The molecular weight excluding hydrogens is 1130 g/mol. The van der Waals surface area contributed by atoms with Gasteiger partial charge in [-0.25, -0.2) is 9.13 Å². The summed E-state index contributed by atoms with van der Waals surface area (Å²) in [6.07, 6.45) is 36.1. The molecule has 8 atom stereocenters. The Morgan fingerprint density at radius 1 is 0.329 bits per heavy atom. The molecule has 5 unspecified atom stereocenters. The molecule has 504 valence electrons. The van der Waals surface area contributed by atoms with Crippen LogP contribution in [0.15, 0.2) is 0 Å². The summed E-state index contributed by atoms with van der Waals surface area (Å²) in [5.41, 5.74) is 0. The smallest absolute Gasteiger partial charge is 0.462 e.